The number of nitrogens with one attached hydrogen (secondary N) is 1. The molecule has 150 valence electrons. The number of amides is 1. The van der Waals surface area contributed by atoms with E-state index in [1.807, 2.05) is 22.9 Å². The summed E-state index contributed by atoms with van der Waals surface area (Å²) in [6, 6.07) is 16.6. The van der Waals surface area contributed by atoms with Crippen molar-refractivity contribution in [3.05, 3.63) is 54.1 Å². The maximum Gasteiger partial charge on any atom is 0.225 e. The molecule has 2 aromatic carbocycles. The quantitative estimate of drug-likeness (QED) is 0.698. The Bertz CT molecular complexity index is 1000. The van der Waals surface area contributed by atoms with Crippen molar-refractivity contribution in [3.8, 4) is 0 Å². The Labute approximate surface area is 170 Å². The fraction of sp³-hybridized carbons (Fsp3) is 0.391. The highest BCUT2D eigenvalue weighted by atomic mass is 16.5. The van der Waals surface area contributed by atoms with Crippen LogP contribution in [0.2, 0.25) is 0 Å². The summed E-state index contributed by atoms with van der Waals surface area (Å²) in [5, 5.41) is 8.97. The van der Waals surface area contributed by atoms with Gasteiger partial charge in [0, 0.05) is 19.5 Å². The summed E-state index contributed by atoms with van der Waals surface area (Å²) in [5.41, 5.74) is 3.34. The second-order valence-electron chi connectivity index (χ2n) is 7.96. The fourth-order valence-electron chi connectivity index (χ4n) is 4.01. The molecule has 1 aliphatic heterocycles. The van der Waals surface area contributed by atoms with Crippen molar-refractivity contribution in [3.63, 3.8) is 0 Å². The van der Waals surface area contributed by atoms with Crippen LogP contribution in [0, 0.1) is 5.92 Å². The van der Waals surface area contributed by atoms with Gasteiger partial charge in [0.2, 0.25) is 5.91 Å². The minimum Gasteiger partial charge on any atom is -0.378 e. The highest BCUT2D eigenvalue weighted by Crippen LogP contribution is 2.36. The number of hydrogen-bond donors (Lipinski definition) is 1. The predicted molar refractivity (Wildman–Crippen MR) is 114 cm³/mol. The maximum atomic E-state index is 12.6. The summed E-state index contributed by atoms with van der Waals surface area (Å²) >= 11 is 0. The van der Waals surface area contributed by atoms with Crippen molar-refractivity contribution in [2.24, 2.45) is 5.92 Å². The Morgan fingerprint density at radius 3 is 2.62 bits per heavy atom. The lowest BCUT2D eigenvalue weighted by Gasteiger charge is -2.29. The van der Waals surface area contributed by atoms with E-state index >= 15 is 0 Å². The molecule has 5 rings (SSSR count). The molecular weight excluding hydrogens is 364 g/mol. The maximum absolute atomic E-state index is 12.6. The van der Waals surface area contributed by atoms with Crippen LogP contribution in [0.1, 0.15) is 24.8 Å². The van der Waals surface area contributed by atoms with Gasteiger partial charge in [0.1, 0.15) is 0 Å². The average Bonchev–Trinajstić information content (AvgIpc) is 3.51. The van der Waals surface area contributed by atoms with Gasteiger partial charge in [-0.15, -0.1) is 0 Å². The third-order valence-electron chi connectivity index (χ3n) is 5.71. The molecule has 1 saturated carbocycles. The van der Waals surface area contributed by atoms with E-state index in [0.717, 1.165) is 55.7 Å². The lowest BCUT2D eigenvalue weighted by atomic mass is 10.1. The first kappa shape index (κ1) is 18.2. The number of nitrogens with zero attached hydrogens (tertiary/aromatic N) is 3. The summed E-state index contributed by atoms with van der Waals surface area (Å²) in [4.78, 5) is 14.9. The molecule has 29 heavy (non-hydrogen) atoms. The highest BCUT2D eigenvalue weighted by Gasteiger charge is 2.26. The van der Waals surface area contributed by atoms with Crippen molar-refractivity contribution in [2.45, 2.75) is 25.8 Å². The number of carbonyl (C=O) groups excluding carboxylic acids is 1. The number of carbonyl (C=O) groups is 1. The Kier molecular flexibility index (Phi) is 4.94. The molecule has 1 aromatic heterocycles. The number of anilines is 2. The van der Waals surface area contributed by atoms with Crippen molar-refractivity contribution in [1.29, 1.82) is 0 Å². The lowest BCUT2D eigenvalue weighted by molar-refractivity contribution is -0.116. The highest BCUT2D eigenvalue weighted by molar-refractivity contribution is 6.06. The van der Waals surface area contributed by atoms with E-state index in [9.17, 15) is 4.79 Å². The molecule has 6 nitrogen and oxygen atoms in total. The van der Waals surface area contributed by atoms with E-state index in [-0.39, 0.29) is 5.91 Å². The fourth-order valence-corrected chi connectivity index (χ4v) is 4.01. The molecule has 3 aromatic rings. The van der Waals surface area contributed by atoms with E-state index < -0.39 is 0 Å². The molecule has 0 atom stereocenters. The van der Waals surface area contributed by atoms with E-state index in [4.69, 9.17) is 9.84 Å². The van der Waals surface area contributed by atoms with Gasteiger partial charge >= 0.3 is 0 Å². The minimum atomic E-state index is 0.0653. The van der Waals surface area contributed by atoms with Crippen molar-refractivity contribution in [1.82, 2.24) is 9.78 Å². The lowest BCUT2D eigenvalue weighted by Crippen LogP contribution is -2.36. The molecule has 1 saturated heterocycles. The molecule has 0 radical (unpaired) electrons. The number of fused-ring (bicyclic) bond motifs is 1. The normalized spacial score (nSPS) is 16.9. The van der Waals surface area contributed by atoms with Crippen LogP contribution in [0.15, 0.2) is 48.5 Å². The summed E-state index contributed by atoms with van der Waals surface area (Å²) in [5.74, 6) is 1.28. The van der Waals surface area contributed by atoms with Crippen LogP contribution >= 0.6 is 0 Å². The van der Waals surface area contributed by atoms with Gasteiger partial charge in [-0.1, -0.05) is 36.4 Å². The van der Waals surface area contributed by atoms with Crippen molar-refractivity contribution in [2.75, 3.05) is 36.5 Å². The molecular formula is C23H26N4O2. The summed E-state index contributed by atoms with van der Waals surface area (Å²) < 4.78 is 7.53. The Morgan fingerprint density at radius 2 is 1.86 bits per heavy atom. The van der Waals surface area contributed by atoms with Crippen LogP contribution in [0.4, 0.5) is 11.5 Å². The Hall–Kier alpha value is -2.86. The monoisotopic (exact) mass is 390 g/mol. The minimum absolute atomic E-state index is 0.0653. The second-order valence-corrected chi connectivity index (χ2v) is 7.96. The number of morpholine rings is 1. The first-order chi connectivity index (χ1) is 14.3. The molecule has 0 bridgehead atoms. The molecule has 6 heteroatoms. The van der Waals surface area contributed by atoms with E-state index in [0.29, 0.717) is 24.7 Å². The van der Waals surface area contributed by atoms with Crippen LogP contribution < -0.4 is 10.2 Å². The number of rotatable bonds is 6. The van der Waals surface area contributed by atoms with Gasteiger partial charge in [-0.2, -0.15) is 5.10 Å². The Balaban J connectivity index is 1.55. The van der Waals surface area contributed by atoms with Gasteiger partial charge in [0.15, 0.2) is 5.82 Å². The summed E-state index contributed by atoms with van der Waals surface area (Å²) in [7, 11) is 0. The van der Waals surface area contributed by atoms with Crippen LogP contribution in [0.3, 0.4) is 0 Å². The average molecular weight is 390 g/mol. The zero-order chi connectivity index (χ0) is 19.6. The first-order valence-electron chi connectivity index (χ1n) is 10.4. The number of benzene rings is 2. The molecule has 2 aliphatic rings. The zero-order valence-corrected chi connectivity index (χ0v) is 16.5. The van der Waals surface area contributed by atoms with Gasteiger partial charge in [-0.05, 0) is 36.5 Å². The molecule has 0 spiro atoms. The van der Waals surface area contributed by atoms with Crippen LogP contribution in [0.5, 0.6) is 0 Å². The molecule has 1 amide bonds. The SMILES string of the molecule is O=C(CC1CC1)Nc1nn(Cc2ccccc2)c2cccc(N3CCOCC3)c12. The third kappa shape index (κ3) is 3.98. The van der Waals surface area contributed by atoms with Gasteiger partial charge < -0.3 is 15.0 Å². The van der Waals surface area contributed by atoms with Crippen LogP contribution in [0.25, 0.3) is 10.9 Å². The summed E-state index contributed by atoms with van der Waals surface area (Å²) in [6.45, 7) is 3.80. The standard InChI is InChI=1S/C23H26N4O2/c28-21(15-17-9-10-17)24-23-22-19(26-11-13-29-14-12-26)7-4-8-20(22)27(25-23)16-18-5-2-1-3-6-18/h1-8,17H,9-16H2,(H,24,25,28). The van der Waals surface area contributed by atoms with E-state index in [1.165, 1.54) is 5.56 Å². The van der Waals surface area contributed by atoms with Crippen LogP contribution in [-0.2, 0) is 16.1 Å². The molecule has 0 unspecified atom stereocenters. The van der Waals surface area contributed by atoms with Crippen LogP contribution in [-0.4, -0.2) is 42.0 Å². The van der Waals surface area contributed by atoms with Gasteiger partial charge in [-0.25, -0.2) is 0 Å². The summed E-state index contributed by atoms with van der Waals surface area (Å²) in [6.07, 6.45) is 2.91. The number of hydrogen-bond acceptors (Lipinski definition) is 4. The van der Waals surface area contributed by atoms with E-state index in [2.05, 4.69) is 40.5 Å². The first-order valence-corrected chi connectivity index (χ1v) is 10.4. The predicted octanol–water partition coefficient (Wildman–Crippen LogP) is 3.66. The van der Waals surface area contributed by atoms with Crippen molar-refractivity contribution < 1.29 is 9.53 Å². The van der Waals surface area contributed by atoms with Gasteiger partial charge in [-0.3, -0.25) is 9.48 Å². The zero-order valence-electron chi connectivity index (χ0n) is 16.5. The number of aromatic nitrogens is 2. The van der Waals surface area contributed by atoms with E-state index in [1.54, 1.807) is 0 Å². The van der Waals surface area contributed by atoms with Gasteiger partial charge in [0.05, 0.1) is 36.3 Å². The molecule has 2 heterocycles. The Morgan fingerprint density at radius 1 is 1.07 bits per heavy atom. The smallest absolute Gasteiger partial charge is 0.225 e. The van der Waals surface area contributed by atoms with Gasteiger partial charge in [0.25, 0.3) is 0 Å². The molecule has 2 fully saturated rings. The largest absolute Gasteiger partial charge is 0.378 e. The van der Waals surface area contributed by atoms with Crippen molar-refractivity contribution >= 4 is 28.3 Å². The molecule has 1 aliphatic carbocycles. The third-order valence-corrected chi connectivity index (χ3v) is 5.71. The topological polar surface area (TPSA) is 59.4 Å². The number of ether oxygens (including phenoxy) is 1. The second kappa shape index (κ2) is 7.87. The molecule has 1 N–H and O–H groups in total.